The van der Waals surface area contributed by atoms with Crippen molar-refractivity contribution in [3.05, 3.63) is 59.1 Å². The van der Waals surface area contributed by atoms with Gasteiger partial charge in [0.2, 0.25) is 0 Å². The molecule has 0 spiro atoms. The van der Waals surface area contributed by atoms with E-state index in [-0.39, 0.29) is 5.91 Å². The molecule has 0 aliphatic carbocycles. The zero-order chi connectivity index (χ0) is 24.2. The van der Waals surface area contributed by atoms with E-state index in [4.69, 9.17) is 14.5 Å². The summed E-state index contributed by atoms with van der Waals surface area (Å²) in [5.41, 5.74) is 4.07. The third kappa shape index (κ3) is 5.17. The number of ether oxygens (including phenoxy) is 2. The Morgan fingerprint density at radius 1 is 1.14 bits per heavy atom. The molecule has 1 amide bonds. The van der Waals surface area contributed by atoms with Crippen molar-refractivity contribution in [3.8, 4) is 16.9 Å². The Balaban J connectivity index is 1.48. The van der Waals surface area contributed by atoms with E-state index in [2.05, 4.69) is 41.4 Å². The lowest BCUT2D eigenvalue weighted by Gasteiger charge is -2.26. The van der Waals surface area contributed by atoms with Gasteiger partial charge >= 0.3 is 0 Å². The fourth-order valence-electron chi connectivity index (χ4n) is 4.54. The van der Waals surface area contributed by atoms with Gasteiger partial charge in [0, 0.05) is 46.9 Å². The summed E-state index contributed by atoms with van der Waals surface area (Å²) in [6.07, 6.45) is 2.82. The summed E-state index contributed by atoms with van der Waals surface area (Å²) in [6, 6.07) is 14.3. The maximum absolute atomic E-state index is 13.5. The van der Waals surface area contributed by atoms with Crippen LogP contribution < -0.4 is 10.1 Å². The lowest BCUT2D eigenvalue weighted by molar-refractivity contribution is 0.0374. The van der Waals surface area contributed by atoms with Crippen LogP contribution >= 0.6 is 11.3 Å². The molecular weight excluding hydrogens is 458 g/mol. The molecule has 5 rings (SSSR count). The average Bonchev–Trinajstić information content (AvgIpc) is 3.28. The topological polar surface area (TPSA) is 63.7 Å². The first-order valence-corrected chi connectivity index (χ1v) is 13.1. The van der Waals surface area contributed by atoms with Gasteiger partial charge < -0.3 is 14.8 Å². The van der Waals surface area contributed by atoms with E-state index in [1.807, 2.05) is 31.3 Å². The smallest absolute Gasteiger partial charge is 0.262 e. The minimum absolute atomic E-state index is 0.0298. The molecule has 2 aromatic heterocycles. The third-order valence-electron chi connectivity index (χ3n) is 6.39. The summed E-state index contributed by atoms with van der Waals surface area (Å²) < 4.78 is 12.2. The first-order valence-electron chi connectivity index (χ1n) is 12.3. The van der Waals surface area contributed by atoms with Gasteiger partial charge in [-0.15, -0.1) is 11.3 Å². The number of nitrogens with zero attached hydrogens (tertiary/aromatic N) is 2. The molecule has 1 N–H and O–H groups in total. The van der Waals surface area contributed by atoms with Crippen molar-refractivity contribution in [2.75, 3.05) is 46.0 Å². The van der Waals surface area contributed by atoms with Gasteiger partial charge in [-0.3, -0.25) is 14.7 Å². The van der Waals surface area contributed by atoms with Crippen LogP contribution in [0.2, 0.25) is 0 Å². The predicted molar refractivity (Wildman–Crippen MR) is 143 cm³/mol. The van der Waals surface area contributed by atoms with Crippen LogP contribution in [-0.2, 0) is 4.74 Å². The number of rotatable bonds is 8. The maximum atomic E-state index is 13.5. The highest BCUT2D eigenvalue weighted by molar-refractivity contribution is 7.22. The normalized spacial score (nSPS) is 14.5. The van der Waals surface area contributed by atoms with E-state index >= 15 is 0 Å². The van der Waals surface area contributed by atoms with Crippen LogP contribution in [0.4, 0.5) is 0 Å². The summed E-state index contributed by atoms with van der Waals surface area (Å²) in [5, 5.41) is 5.18. The minimum atomic E-state index is -0.0298. The molecule has 0 radical (unpaired) electrons. The molecule has 1 aliphatic heterocycles. The lowest BCUT2D eigenvalue weighted by Crippen LogP contribution is -2.38. The SMILES string of the molecule is CCOc1ccc2ncc3c(-c4ccc(C)cc4)c(C(=O)NCCCN4CCOCC4)sc3c2c1. The molecule has 0 saturated carbocycles. The molecule has 0 bridgehead atoms. The Morgan fingerprint density at radius 3 is 2.71 bits per heavy atom. The summed E-state index contributed by atoms with van der Waals surface area (Å²) in [4.78, 5) is 21.3. The Bertz CT molecular complexity index is 1330. The Morgan fingerprint density at radius 2 is 1.94 bits per heavy atom. The van der Waals surface area contributed by atoms with Gasteiger partial charge in [0.05, 0.1) is 25.3 Å². The second-order valence-corrected chi connectivity index (χ2v) is 9.87. The molecule has 7 heteroatoms. The monoisotopic (exact) mass is 489 g/mol. The van der Waals surface area contributed by atoms with Crippen molar-refractivity contribution in [1.29, 1.82) is 0 Å². The number of hydrogen-bond donors (Lipinski definition) is 1. The zero-order valence-corrected chi connectivity index (χ0v) is 21.1. The molecule has 1 saturated heterocycles. The number of fused-ring (bicyclic) bond motifs is 3. The van der Waals surface area contributed by atoms with Crippen molar-refractivity contribution in [2.45, 2.75) is 20.3 Å². The summed E-state index contributed by atoms with van der Waals surface area (Å²) in [7, 11) is 0. The second-order valence-electron chi connectivity index (χ2n) is 8.85. The van der Waals surface area contributed by atoms with Crippen LogP contribution in [0.25, 0.3) is 32.1 Å². The van der Waals surface area contributed by atoms with E-state index in [0.29, 0.717) is 13.2 Å². The number of nitrogens with one attached hydrogen (secondary N) is 1. The van der Waals surface area contributed by atoms with Crippen LogP contribution in [0.3, 0.4) is 0 Å². The number of aromatic nitrogens is 1. The Kier molecular flexibility index (Phi) is 7.27. The maximum Gasteiger partial charge on any atom is 0.262 e. The fraction of sp³-hybridized carbons (Fsp3) is 0.357. The largest absolute Gasteiger partial charge is 0.494 e. The highest BCUT2D eigenvalue weighted by Gasteiger charge is 2.22. The van der Waals surface area contributed by atoms with Gasteiger partial charge in [0.25, 0.3) is 5.91 Å². The predicted octanol–water partition coefficient (Wildman–Crippen LogP) is 5.28. The molecule has 3 heterocycles. The van der Waals surface area contributed by atoms with Gasteiger partial charge in [-0.05, 0) is 50.6 Å². The Hall–Kier alpha value is -3.00. The Labute approximate surface area is 209 Å². The third-order valence-corrected chi connectivity index (χ3v) is 7.63. The quantitative estimate of drug-likeness (QED) is 0.342. The fourth-order valence-corrected chi connectivity index (χ4v) is 5.78. The molecule has 0 atom stereocenters. The van der Waals surface area contributed by atoms with E-state index < -0.39 is 0 Å². The number of thiophene rings is 1. The van der Waals surface area contributed by atoms with Crippen molar-refractivity contribution >= 4 is 38.2 Å². The van der Waals surface area contributed by atoms with E-state index in [0.717, 1.165) is 82.0 Å². The highest BCUT2D eigenvalue weighted by atomic mass is 32.1. The number of carbonyl (C=O) groups excluding carboxylic acids is 1. The van der Waals surface area contributed by atoms with E-state index in [1.54, 1.807) is 0 Å². The summed E-state index contributed by atoms with van der Waals surface area (Å²) in [6.45, 7) is 9.78. The number of carbonyl (C=O) groups is 1. The first-order chi connectivity index (χ1) is 17.1. The van der Waals surface area contributed by atoms with Crippen molar-refractivity contribution in [2.24, 2.45) is 0 Å². The molecule has 6 nitrogen and oxygen atoms in total. The van der Waals surface area contributed by atoms with Crippen molar-refractivity contribution < 1.29 is 14.3 Å². The number of pyridine rings is 1. The number of aryl methyl sites for hydroxylation is 1. The highest BCUT2D eigenvalue weighted by Crippen LogP contribution is 2.42. The van der Waals surface area contributed by atoms with Gasteiger partial charge in [0.1, 0.15) is 10.6 Å². The molecule has 0 unspecified atom stereocenters. The van der Waals surface area contributed by atoms with Gasteiger partial charge in [0.15, 0.2) is 0 Å². The molecule has 1 fully saturated rings. The molecule has 182 valence electrons. The van der Waals surface area contributed by atoms with Gasteiger partial charge in [-0.1, -0.05) is 29.8 Å². The minimum Gasteiger partial charge on any atom is -0.494 e. The number of hydrogen-bond acceptors (Lipinski definition) is 6. The molecular formula is C28H31N3O3S. The molecule has 2 aromatic carbocycles. The van der Waals surface area contributed by atoms with Crippen LogP contribution in [0, 0.1) is 6.92 Å². The lowest BCUT2D eigenvalue weighted by atomic mass is 10.0. The van der Waals surface area contributed by atoms with Gasteiger partial charge in [-0.25, -0.2) is 0 Å². The van der Waals surface area contributed by atoms with Crippen LogP contribution in [-0.4, -0.2) is 61.8 Å². The van der Waals surface area contributed by atoms with E-state index in [1.165, 1.54) is 16.9 Å². The molecule has 35 heavy (non-hydrogen) atoms. The van der Waals surface area contributed by atoms with Crippen LogP contribution in [0.5, 0.6) is 5.75 Å². The summed E-state index contributed by atoms with van der Waals surface area (Å²) >= 11 is 1.54. The first kappa shape index (κ1) is 23.7. The number of benzene rings is 2. The summed E-state index contributed by atoms with van der Waals surface area (Å²) in [5.74, 6) is 0.784. The van der Waals surface area contributed by atoms with E-state index in [9.17, 15) is 4.79 Å². The van der Waals surface area contributed by atoms with Crippen LogP contribution in [0.15, 0.2) is 48.7 Å². The number of morpholine rings is 1. The standard InChI is InChI=1S/C28H31N3O3S/c1-3-34-21-9-10-24-22(17-21)26-23(18-30-24)25(20-7-5-19(2)6-8-20)27(35-26)28(32)29-11-4-12-31-13-15-33-16-14-31/h5-10,17-18H,3-4,11-16H2,1-2H3,(H,29,32). The van der Waals surface area contributed by atoms with Crippen molar-refractivity contribution in [1.82, 2.24) is 15.2 Å². The zero-order valence-electron chi connectivity index (χ0n) is 20.3. The molecule has 4 aromatic rings. The second kappa shape index (κ2) is 10.7. The molecule has 1 aliphatic rings. The van der Waals surface area contributed by atoms with Crippen LogP contribution in [0.1, 0.15) is 28.6 Å². The average molecular weight is 490 g/mol. The van der Waals surface area contributed by atoms with Gasteiger partial charge in [-0.2, -0.15) is 0 Å². The van der Waals surface area contributed by atoms with Crippen molar-refractivity contribution in [3.63, 3.8) is 0 Å². The number of amides is 1.